The van der Waals surface area contributed by atoms with Gasteiger partial charge in [-0.25, -0.2) is 0 Å². The number of carbonyl (C=O) groups excluding carboxylic acids is 1. The number of benzene rings is 2. The third kappa shape index (κ3) is 3.53. The summed E-state index contributed by atoms with van der Waals surface area (Å²) in [5, 5.41) is 3.75. The van der Waals surface area contributed by atoms with Crippen molar-refractivity contribution < 1.29 is 4.79 Å². The summed E-state index contributed by atoms with van der Waals surface area (Å²) in [4.78, 5) is 12.1. The van der Waals surface area contributed by atoms with Crippen LogP contribution in [0.3, 0.4) is 0 Å². The molecule has 0 aromatic heterocycles. The molecule has 2 rings (SSSR count). The highest BCUT2D eigenvalue weighted by Crippen LogP contribution is 2.26. The normalized spacial score (nSPS) is 10.7. The number of amides is 1. The summed E-state index contributed by atoms with van der Waals surface area (Å²) in [6.07, 6.45) is 0. The molecule has 2 nitrogen and oxygen atoms in total. The number of rotatable bonds is 3. The van der Waals surface area contributed by atoms with Gasteiger partial charge in [0.25, 0.3) is 5.91 Å². The lowest BCUT2D eigenvalue weighted by atomic mass is 10.0. The Morgan fingerprint density at radius 3 is 2.30 bits per heavy atom. The molecular formula is C16H15Cl2NO. The fourth-order valence-corrected chi connectivity index (χ4v) is 2.14. The van der Waals surface area contributed by atoms with E-state index in [1.807, 2.05) is 24.3 Å². The molecule has 2 aromatic rings. The van der Waals surface area contributed by atoms with Crippen molar-refractivity contribution in [2.75, 3.05) is 5.32 Å². The zero-order valence-electron chi connectivity index (χ0n) is 11.3. The van der Waals surface area contributed by atoms with Crippen LogP contribution in [0, 0.1) is 0 Å². The van der Waals surface area contributed by atoms with Crippen molar-refractivity contribution in [2.45, 2.75) is 19.8 Å². The number of hydrogen-bond donors (Lipinski definition) is 1. The molecule has 104 valence electrons. The number of halogens is 2. The van der Waals surface area contributed by atoms with Crippen molar-refractivity contribution >= 4 is 34.8 Å². The van der Waals surface area contributed by atoms with Crippen LogP contribution in [0.25, 0.3) is 0 Å². The Morgan fingerprint density at radius 1 is 1.05 bits per heavy atom. The summed E-state index contributed by atoms with van der Waals surface area (Å²) in [7, 11) is 0. The zero-order chi connectivity index (χ0) is 14.7. The molecule has 0 bridgehead atoms. The van der Waals surface area contributed by atoms with Gasteiger partial charge in [0.1, 0.15) is 0 Å². The van der Waals surface area contributed by atoms with Crippen LogP contribution in [-0.4, -0.2) is 5.91 Å². The van der Waals surface area contributed by atoms with Crippen LogP contribution < -0.4 is 5.32 Å². The molecule has 0 aliphatic heterocycles. The quantitative estimate of drug-likeness (QED) is 0.811. The van der Waals surface area contributed by atoms with Gasteiger partial charge in [0.2, 0.25) is 0 Å². The second kappa shape index (κ2) is 6.29. The van der Waals surface area contributed by atoms with Crippen LogP contribution in [0.4, 0.5) is 5.69 Å². The third-order valence-corrected chi connectivity index (χ3v) is 3.58. The summed E-state index contributed by atoms with van der Waals surface area (Å²) in [5.74, 6) is 0.235. The van der Waals surface area contributed by atoms with E-state index in [1.165, 1.54) is 5.56 Å². The first-order valence-corrected chi connectivity index (χ1v) is 7.09. The minimum atomic E-state index is -0.204. The SMILES string of the molecule is CC(C)c1ccc(C(=O)Nc2cc(Cl)ccc2Cl)cc1. The summed E-state index contributed by atoms with van der Waals surface area (Å²) < 4.78 is 0. The highest BCUT2D eigenvalue weighted by molar-refractivity contribution is 6.35. The second-order valence-electron chi connectivity index (χ2n) is 4.86. The molecule has 1 N–H and O–H groups in total. The van der Waals surface area contributed by atoms with Crippen molar-refractivity contribution in [3.8, 4) is 0 Å². The van der Waals surface area contributed by atoms with Gasteiger partial charge in [0, 0.05) is 10.6 Å². The first-order chi connectivity index (χ1) is 9.47. The molecule has 0 atom stereocenters. The summed E-state index contributed by atoms with van der Waals surface area (Å²) in [6, 6.07) is 12.5. The van der Waals surface area contributed by atoms with Crippen LogP contribution in [0.15, 0.2) is 42.5 Å². The highest BCUT2D eigenvalue weighted by atomic mass is 35.5. The summed E-state index contributed by atoms with van der Waals surface area (Å²) >= 11 is 11.9. The Morgan fingerprint density at radius 2 is 1.70 bits per heavy atom. The molecule has 0 unspecified atom stereocenters. The molecule has 0 spiro atoms. The van der Waals surface area contributed by atoms with E-state index in [4.69, 9.17) is 23.2 Å². The van der Waals surface area contributed by atoms with E-state index < -0.39 is 0 Å². The maximum Gasteiger partial charge on any atom is 0.255 e. The highest BCUT2D eigenvalue weighted by Gasteiger charge is 2.09. The number of nitrogens with one attached hydrogen (secondary N) is 1. The van der Waals surface area contributed by atoms with E-state index in [0.717, 1.165) is 0 Å². The first-order valence-electron chi connectivity index (χ1n) is 6.33. The molecule has 0 saturated heterocycles. The van der Waals surface area contributed by atoms with E-state index in [1.54, 1.807) is 18.2 Å². The number of hydrogen-bond acceptors (Lipinski definition) is 1. The van der Waals surface area contributed by atoms with Gasteiger partial charge in [0.05, 0.1) is 10.7 Å². The molecule has 0 radical (unpaired) electrons. The van der Waals surface area contributed by atoms with Crippen molar-refractivity contribution in [1.82, 2.24) is 0 Å². The largest absolute Gasteiger partial charge is 0.321 e. The third-order valence-electron chi connectivity index (χ3n) is 3.02. The topological polar surface area (TPSA) is 29.1 Å². The molecule has 20 heavy (non-hydrogen) atoms. The van der Waals surface area contributed by atoms with Crippen molar-refractivity contribution in [2.24, 2.45) is 0 Å². The molecule has 1 amide bonds. The zero-order valence-corrected chi connectivity index (χ0v) is 12.8. The van der Waals surface area contributed by atoms with Gasteiger partial charge in [-0.2, -0.15) is 0 Å². The van der Waals surface area contributed by atoms with Gasteiger partial charge in [-0.3, -0.25) is 4.79 Å². The van der Waals surface area contributed by atoms with E-state index in [0.29, 0.717) is 27.2 Å². The van der Waals surface area contributed by atoms with Crippen molar-refractivity contribution in [1.29, 1.82) is 0 Å². The van der Waals surface area contributed by atoms with Crippen LogP contribution in [0.5, 0.6) is 0 Å². The van der Waals surface area contributed by atoms with Crippen molar-refractivity contribution in [3.63, 3.8) is 0 Å². The fraction of sp³-hybridized carbons (Fsp3) is 0.188. The summed E-state index contributed by atoms with van der Waals surface area (Å²) in [6.45, 7) is 4.22. The molecular weight excluding hydrogens is 293 g/mol. The van der Waals surface area contributed by atoms with Gasteiger partial charge >= 0.3 is 0 Å². The van der Waals surface area contributed by atoms with E-state index in [2.05, 4.69) is 19.2 Å². The summed E-state index contributed by atoms with van der Waals surface area (Å²) in [5.41, 5.74) is 2.30. The smallest absolute Gasteiger partial charge is 0.255 e. The minimum Gasteiger partial charge on any atom is -0.321 e. The first kappa shape index (κ1) is 14.9. The molecule has 4 heteroatoms. The lowest BCUT2D eigenvalue weighted by molar-refractivity contribution is 0.102. The number of anilines is 1. The predicted octanol–water partition coefficient (Wildman–Crippen LogP) is 5.37. The van der Waals surface area contributed by atoms with Crippen LogP contribution in [-0.2, 0) is 0 Å². The molecule has 0 saturated carbocycles. The molecule has 0 aliphatic carbocycles. The van der Waals surface area contributed by atoms with E-state index >= 15 is 0 Å². The van der Waals surface area contributed by atoms with Gasteiger partial charge in [0.15, 0.2) is 0 Å². The lowest BCUT2D eigenvalue weighted by Gasteiger charge is -2.09. The monoisotopic (exact) mass is 307 g/mol. The molecule has 0 fully saturated rings. The van der Waals surface area contributed by atoms with E-state index in [9.17, 15) is 4.79 Å². The average Bonchev–Trinajstić information content (AvgIpc) is 2.43. The minimum absolute atomic E-state index is 0.204. The predicted molar refractivity (Wildman–Crippen MR) is 84.9 cm³/mol. The van der Waals surface area contributed by atoms with Gasteiger partial charge in [-0.15, -0.1) is 0 Å². The second-order valence-corrected chi connectivity index (χ2v) is 5.70. The van der Waals surface area contributed by atoms with Crippen molar-refractivity contribution in [3.05, 3.63) is 63.6 Å². The Kier molecular flexibility index (Phi) is 4.69. The maximum absolute atomic E-state index is 12.1. The standard InChI is InChI=1S/C16H15Cl2NO/c1-10(2)11-3-5-12(6-4-11)16(20)19-15-9-13(17)7-8-14(15)18/h3-10H,1-2H3,(H,19,20). The van der Waals surface area contributed by atoms with Gasteiger partial charge < -0.3 is 5.32 Å². The maximum atomic E-state index is 12.1. The molecule has 0 heterocycles. The van der Waals surface area contributed by atoms with Gasteiger partial charge in [-0.1, -0.05) is 49.2 Å². The Balaban J connectivity index is 2.17. The molecule has 2 aromatic carbocycles. The van der Waals surface area contributed by atoms with Gasteiger partial charge in [-0.05, 0) is 41.8 Å². The Labute approximate surface area is 128 Å². The Hall–Kier alpha value is -1.51. The van der Waals surface area contributed by atoms with Crippen LogP contribution >= 0.6 is 23.2 Å². The van der Waals surface area contributed by atoms with Crippen LogP contribution in [0.2, 0.25) is 10.0 Å². The fourth-order valence-electron chi connectivity index (χ4n) is 1.81. The van der Waals surface area contributed by atoms with Crippen LogP contribution in [0.1, 0.15) is 35.7 Å². The lowest BCUT2D eigenvalue weighted by Crippen LogP contribution is -2.12. The average molecular weight is 308 g/mol. The number of carbonyl (C=O) groups is 1. The molecule has 0 aliphatic rings. The Bertz CT molecular complexity index is 621. The van der Waals surface area contributed by atoms with E-state index in [-0.39, 0.29) is 5.91 Å².